The Balaban J connectivity index is 2.40. The van der Waals surface area contributed by atoms with Crippen molar-refractivity contribution in [2.45, 2.75) is 26.3 Å². The minimum Gasteiger partial charge on any atom is -0.354 e. The van der Waals surface area contributed by atoms with Gasteiger partial charge in [0.1, 0.15) is 0 Å². The molecule has 0 aliphatic rings. The van der Waals surface area contributed by atoms with E-state index in [1.54, 1.807) is 0 Å². The first-order chi connectivity index (χ1) is 7.99. The highest BCUT2D eigenvalue weighted by atomic mass is 79.9. The number of hydrogen-bond acceptors (Lipinski definition) is 2. The zero-order valence-electron chi connectivity index (χ0n) is 10.2. The molecule has 0 fully saturated rings. The van der Waals surface area contributed by atoms with Gasteiger partial charge in [0.05, 0.1) is 6.42 Å². The second-order valence-corrected chi connectivity index (χ2v) is 5.43. The maximum atomic E-state index is 11.7. The van der Waals surface area contributed by atoms with E-state index in [9.17, 15) is 4.79 Å². The standard InChI is InChI=1S/C13H19BrN2O/c1-9(2)12(15)8-16-13(17)7-10-4-3-5-11(14)6-10/h3-6,9,12H,7-8,15H2,1-2H3,(H,16,17). The molecule has 0 saturated heterocycles. The van der Waals surface area contributed by atoms with Crippen molar-refractivity contribution in [2.24, 2.45) is 11.7 Å². The van der Waals surface area contributed by atoms with Gasteiger partial charge in [0.15, 0.2) is 0 Å². The lowest BCUT2D eigenvalue weighted by molar-refractivity contribution is -0.120. The molecule has 0 aliphatic carbocycles. The van der Waals surface area contributed by atoms with Gasteiger partial charge >= 0.3 is 0 Å². The van der Waals surface area contributed by atoms with Gasteiger partial charge in [0.25, 0.3) is 0 Å². The summed E-state index contributed by atoms with van der Waals surface area (Å²) in [6.07, 6.45) is 0.393. The van der Waals surface area contributed by atoms with Crippen LogP contribution in [0.4, 0.5) is 0 Å². The zero-order chi connectivity index (χ0) is 12.8. The first kappa shape index (κ1) is 14.2. The summed E-state index contributed by atoms with van der Waals surface area (Å²) in [4.78, 5) is 11.7. The van der Waals surface area contributed by atoms with Crippen LogP contribution in [-0.4, -0.2) is 18.5 Å². The summed E-state index contributed by atoms with van der Waals surface area (Å²) in [7, 11) is 0. The van der Waals surface area contributed by atoms with Crippen molar-refractivity contribution in [3.63, 3.8) is 0 Å². The Morgan fingerprint density at radius 3 is 2.76 bits per heavy atom. The normalized spacial score (nSPS) is 12.5. The molecule has 0 heterocycles. The number of nitrogens with one attached hydrogen (secondary N) is 1. The van der Waals surface area contributed by atoms with Crippen molar-refractivity contribution in [1.29, 1.82) is 0 Å². The van der Waals surface area contributed by atoms with Gasteiger partial charge in [-0.1, -0.05) is 41.9 Å². The largest absolute Gasteiger partial charge is 0.354 e. The van der Waals surface area contributed by atoms with Gasteiger partial charge in [-0.3, -0.25) is 4.79 Å². The summed E-state index contributed by atoms with van der Waals surface area (Å²) in [5.41, 5.74) is 6.86. The fraction of sp³-hybridized carbons (Fsp3) is 0.462. The van der Waals surface area contributed by atoms with Crippen LogP contribution in [0.2, 0.25) is 0 Å². The SMILES string of the molecule is CC(C)C(N)CNC(=O)Cc1cccc(Br)c1. The minimum absolute atomic E-state index is 0.0131. The summed E-state index contributed by atoms with van der Waals surface area (Å²) in [5, 5.41) is 2.85. The first-order valence-electron chi connectivity index (χ1n) is 5.75. The zero-order valence-corrected chi connectivity index (χ0v) is 11.8. The molecule has 94 valence electrons. The topological polar surface area (TPSA) is 55.1 Å². The van der Waals surface area contributed by atoms with Gasteiger partial charge in [-0.25, -0.2) is 0 Å². The van der Waals surface area contributed by atoms with Gasteiger partial charge < -0.3 is 11.1 Å². The molecule has 3 N–H and O–H groups in total. The minimum atomic E-state index is 0.0131. The molecule has 1 aromatic rings. The Bertz CT molecular complexity index is 379. The van der Waals surface area contributed by atoms with Crippen molar-refractivity contribution < 1.29 is 4.79 Å². The van der Waals surface area contributed by atoms with Crippen LogP contribution in [-0.2, 0) is 11.2 Å². The Morgan fingerprint density at radius 1 is 1.47 bits per heavy atom. The monoisotopic (exact) mass is 298 g/mol. The molecular weight excluding hydrogens is 280 g/mol. The molecule has 0 aromatic heterocycles. The average Bonchev–Trinajstić information content (AvgIpc) is 2.25. The molecule has 1 atom stereocenters. The van der Waals surface area contributed by atoms with E-state index in [4.69, 9.17) is 5.73 Å². The fourth-order valence-corrected chi connectivity index (χ4v) is 1.81. The highest BCUT2D eigenvalue weighted by Crippen LogP contribution is 2.11. The van der Waals surface area contributed by atoms with Crippen molar-refractivity contribution in [1.82, 2.24) is 5.32 Å². The highest BCUT2D eigenvalue weighted by Gasteiger charge is 2.09. The fourth-order valence-electron chi connectivity index (χ4n) is 1.36. The molecular formula is C13H19BrN2O. The Morgan fingerprint density at radius 2 is 2.18 bits per heavy atom. The smallest absolute Gasteiger partial charge is 0.224 e. The first-order valence-corrected chi connectivity index (χ1v) is 6.55. The lowest BCUT2D eigenvalue weighted by Crippen LogP contribution is -2.40. The molecule has 1 rings (SSSR count). The van der Waals surface area contributed by atoms with Crippen molar-refractivity contribution in [2.75, 3.05) is 6.54 Å². The maximum absolute atomic E-state index is 11.7. The number of hydrogen-bond donors (Lipinski definition) is 2. The molecule has 0 saturated carbocycles. The molecule has 1 unspecified atom stereocenters. The van der Waals surface area contributed by atoms with E-state index in [2.05, 4.69) is 21.2 Å². The van der Waals surface area contributed by atoms with Crippen molar-refractivity contribution in [3.05, 3.63) is 34.3 Å². The van der Waals surface area contributed by atoms with E-state index >= 15 is 0 Å². The van der Waals surface area contributed by atoms with E-state index in [0.29, 0.717) is 18.9 Å². The molecule has 4 heteroatoms. The van der Waals surface area contributed by atoms with E-state index in [1.807, 2.05) is 38.1 Å². The summed E-state index contributed by atoms with van der Waals surface area (Å²) in [6.45, 7) is 4.63. The lowest BCUT2D eigenvalue weighted by Gasteiger charge is -2.16. The molecule has 3 nitrogen and oxygen atoms in total. The summed E-state index contributed by atoms with van der Waals surface area (Å²) in [6, 6.07) is 7.76. The number of benzene rings is 1. The van der Waals surface area contributed by atoms with Crippen LogP contribution in [0.25, 0.3) is 0 Å². The summed E-state index contributed by atoms with van der Waals surface area (Å²) < 4.78 is 0.988. The van der Waals surface area contributed by atoms with Crippen LogP contribution < -0.4 is 11.1 Å². The molecule has 0 radical (unpaired) electrons. The number of amides is 1. The van der Waals surface area contributed by atoms with Gasteiger partial charge in [0, 0.05) is 17.1 Å². The van der Waals surface area contributed by atoms with E-state index in [-0.39, 0.29) is 11.9 Å². The third-order valence-corrected chi connectivity index (χ3v) is 3.14. The molecule has 0 spiro atoms. The predicted molar refractivity (Wildman–Crippen MR) is 73.7 cm³/mol. The van der Waals surface area contributed by atoms with Crippen molar-refractivity contribution >= 4 is 21.8 Å². The van der Waals surface area contributed by atoms with Gasteiger partial charge in [-0.2, -0.15) is 0 Å². The number of rotatable bonds is 5. The van der Waals surface area contributed by atoms with Crippen LogP contribution >= 0.6 is 15.9 Å². The second kappa shape index (κ2) is 6.77. The third-order valence-electron chi connectivity index (χ3n) is 2.64. The van der Waals surface area contributed by atoms with E-state index in [0.717, 1.165) is 10.0 Å². The summed E-state index contributed by atoms with van der Waals surface area (Å²) >= 11 is 3.38. The van der Waals surface area contributed by atoms with Gasteiger partial charge in [0.2, 0.25) is 5.91 Å². The van der Waals surface area contributed by atoms with Crippen molar-refractivity contribution in [3.8, 4) is 0 Å². The average molecular weight is 299 g/mol. The van der Waals surface area contributed by atoms with Crippen LogP contribution in [0, 0.1) is 5.92 Å². The van der Waals surface area contributed by atoms with Gasteiger partial charge in [-0.05, 0) is 23.6 Å². The molecule has 1 aromatic carbocycles. The number of carbonyl (C=O) groups excluding carboxylic acids is 1. The van der Waals surface area contributed by atoms with Crippen LogP contribution in [0.3, 0.4) is 0 Å². The molecule has 0 bridgehead atoms. The van der Waals surface area contributed by atoms with Crippen LogP contribution in [0.5, 0.6) is 0 Å². The van der Waals surface area contributed by atoms with Crippen LogP contribution in [0.15, 0.2) is 28.7 Å². The van der Waals surface area contributed by atoms with E-state index < -0.39 is 0 Å². The number of carbonyl (C=O) groups is 1. The number of halogens is 1. The lowest BCUT2D eigenvalue weighted by atomic mass is 10.1. The Labute approximate surface area is 111 Å². The molecule has 17 heavy (non-hydrogen) atoms. The number of nitrogens with two attached hydrogens (primary N) is 1. The molecule has 0 aliphatic heterocycles. The molecule has 1 amide bonds. The Kier molecular flexibility index (Phi) is 5.65. The van der Waals surface area contributed by atoms with Gasteiger partial charge in [-0.15, -0.1) is 0 Å². The third kappa shape index (κ3) is 5.33. The maximum Gasteiger partial charge on any atom is 0.224 e. The quantitative estimate of drug-likeness (QED) is 0.874. The van der Waals surface area contributed by atoms with Crippen LogP contribution in [0.1, 0.15) is 19.4 Å². The highest BCUT2D eigenvalue weighted by molar-refractivity contribution is 9.10. The van der Waals surface area contributed by atoms with E-state index in [1.165, 1.54) is 0 Å². The predicted octanol–water partition coefficient (Wildman–Crippen LogP) is 2.09. The second-order valence-electron chi connectivity index (χ2n) is 4.52. The Hall–Kier alpha value is -0.870. The summed E-state index contributed by atoms with van der Waals surface area (Å²) in [5.74, 6) is 0.389.